The molecule has 0 aromatic heterocycles. The summed E-state index contributed by atoms with van der Waals surface area (Å²) in [6.07, 6.45) is 2.90. The van der Waals surface area contributed by atoms with E-state index in [1.807, 2.05) is 6.07 Å². The Kier molecular flexibility index (Phi) is 7.18. The molecule has 0 spiro atoms. The van der Waals surface area contributed by atoms with Gasteiger partial charge in [0, 0.05) is 37.9 Å². The average Bonchev–Trinajstić information content (AvgIpc) is 2.44. The first kappa shape index (κ1) is 16.6. The number of ether oxygens (including phenoxy) is 1. The number of hydrogen-bond acceptors (Lipinski definition) is 4. The van der Waals surface area contributed by atoms with Crippen LogP contribution in [0.25, 0.3) is 0 Å². The molecule has 20 heavy (non-hydrogen) atoms. The number of rotatable bonds is 9. The molecule has 1 rings (SSSR count). The summed E-state index contributed by atoms with van der Waals surface area (Å²) in [4.78, 5) is 10.5. The highest BCUT2D eigenvalue weighted by Gasteiger charge is 2.16. The second-order valence-electron chi connectivity index (χ2n) is 5.04. The van der Waals surface area contributed by atoms with E-state index in [0.29, 0.717) is 12.6 Å². The summed E-state index contributed by atoms with van der Waals surface area (Å²) >= 11 is 0. The third-order valence-electron chi connectivity index (χ3n) is 3.30. The highest BCUT2D eigenvalue weighted by Crippen LogP contribution is 2.23. The third kappa shape index (κ3) is 5.27. The predicted molar refractivity (Wildman–Crippen MR) is 79.8 cm³/mol. The van der Waals surface area contributed by atoms with E-state index in [2.05, 4.69) is 19.2 Å². The van der Waals surface area contributed by atoms with Gasteiger partial charge in [0.25, 0.3) is 5.69 Å². The van der Waals surface area contributed by atoms with Crippen molar-refractivity contribution >= 4 is 5.69 Å². The molecule has 5 nitrogen and oxygen atoms in total. The zero-order valence-electron chi connectivity index (χ0n) is 12.5. The van der Waals surface area contributed by atoms with E-state index in [1.165, 1.54) is 6.07 Å². The van der Waals surface area contributed by atoms with Crippen molar-refractivity contribution in [2.75, 3.05) is 13.7 Å². The number of benzene rings is 1. The summed E-state index contributed by atoms with van der Waals surface area (Å²) in [7, 11) is 1.69. The SMILES string of the molecule is CCCC(NC(C)CCOC)c1cccc([N+](=O)[O-])c1. The Labute approximate surface area is 120 Å². The van der Waals surface area contributed by atoms with Crippen LogP contribution in [0.15, 0.2) is 24.3 Å². The number of nitro benzene ring substituents is 1. The maximum atomic E-state index is 10.9. The lowest BCUT2D eigenvalue weighted by molar-refractivity contribution is -0.384. The molecule has 0 amide bonds. The van der Waals surface area contributed by atoms with Crippen LogP contribution in [0, 0.1) is 10.1 Å². The smallest absolute Gasteiger partial charge is 0.269 e. The fourth-order valence-electron chi connectivity index (χ4n) is 2.21. The molecule has 2 unspecified atom stereocenters. The van der Waals surface area contributed by atoms with Crippen molar-refractivity contribution in [3.8, 4) is 0 Å². The Balaban J connectivity index is 2.79. The van der Waals surface area contributed by atoms with Crippen molar-refractivity contribution in [2.24, 2.45) is 0 Å². The van der Waals surface area contributed by atoms with Gasteiger partial charge in [-0.2, -0.15) is 0 Å². The summed E-state index contributed by atoms with van der Waals surface area (Å²) in [5.74, 6) is 0. The molecule has 112 valence electrons. The summed E-state index contributed by atoms with van der Waals surface area (Å²) in [6, 6.07) is 7.34. The van der Waals surface area contributed by atoms with Gasteiger partial charge in [-0.3, -0.25) is 10.1 Å². The molecule has 0 saturated heterocycles. The van der Waals surface area contributed by atoms with Gasteiger partial charge in [-0.15, -0.1) is 0 Å². The van der Waals surface area contributed by atoms with E-state index in [0.717, 1.165) is 24.8 Å². The van der Waals surface area contributed by atoms with Crippen LogP contribution in [0.4, 0.5) is 5.69 Å². The van der Waals surface area contributed by atoms with Gasteiger partial charge in [0.05, 0.1) is 4.92 Å². The van der Waals surface area contributed by atoms with Gasteiger partial charge >= 0.3 is 0 Å². The molecule has 1 N–H and O–H groups in total. The lowest BCUT2D eigenvalue weighted by Gasteiger charge is -2.23. The Morgan fingerprint density at radius 1 is 1.40 bits per heavy atom. The largest absolute Gasteiger partial charge is 0.385 e. The number of hydrogen-bond donors (Lipinski definition) is 1. The quantitative estimate of drug-likeness (QED) is 0.556. The van der Waals surface area contributed by atoms with E-state index in [1.54, 1.807) is 19.2 Å². The number of methoxy groups -OCH3 is 1. The molecule has 0 saturated carbocycles. The highest BCUT2D eigenvalue weighted by molar-refractivity contribution is 5.35. The van der Waals surface area contributed by atoms with Crippen molar-refractivity contribution in [1.82, 2.24) is 5.32 Å². The third-order valence-corrected chi connectivity index (χ3v) is 3.30. The molecule has 0 fully saturated rings. The van der Waals surface area contributed by atoms with E-state index >= 15 is 0 Å². The first-order valence-electron chi connectivity index (χ1n) is 7.07. The van der Waals surface area contributed by atoms with Gasteiger partial charge in [0.2, 0.25) is 0 Å². The number of nitrogens with zero attached hydrogens (tertiary/aromatic N) is 1. The van der Waals surface area contributed by atoms with Gasteiger partial charge in [0.15, 0.2) is 0 Å². The predicted octanol–water partition coefficient (Wildman–Crippen LogP) is 3.45. The fraction of sp³-hybridized carbons (Fsp3) is 0.600. The van der Waals surface area contributed by atoms with Crippen molar-refractivity contribution in [1.29, 1.82) is 0 Å². The van der Waals surface area contributed by atoms with E-state index < -0.39 is 0 Å². The zero-order valence-corrected chi connectivity index (χ0v) is 12.5. The molecule has 5 heteroatoms. The standard InChI is InChI=1S/C15H24N2O3/c1-4-6-15(16-12(2)9-10-20-3)13-7-5-8-14(11-13)17(18)19/h5,7-8,11-12,15-16H,4,6,9-10H2,1-3H3. The minimum atomic E-state index is -0.346. The molecule has 0 heterocycles. The maximum absolute atomic E-state index is 10.9. The second kappa shape index (κ2) is 8.66. The van der Waals surface area contributed by atoms with Gasteiger partial charge < -0.3 is 10.1 Å². The molecule has 0 aliphatic carbocycles. The zero-order chi connectivity index (χ0) is 15.0. The molecule has 1 aromatic carbocycles. The van der Waals surface area contributed by atoms with Crippen molar-refractivity contribution in [3.63, 3.8) is 0 Å². The van der Waals surface area contributed by atoms with Crippen LogP contribution in [-0.2, 0) is 4.74 Å². The summed E-state index contributed by atoms with van der Waals surface area (Å²) in [5, 5.41) is 14.4. The van der Waals surface area contributed by atoms with Gasteiger partial charge in [-0.1, -0.05) is 25.5 Å². The summed E-state index contributed by atoms with van der Waals surface area (Å²) in [6.45, 7) is 4.94. The van der Waals surface area contributed by atoms with Gasteiger partial charge in [-0.25, -0.2) is 0 Å². The van der Waals surface area contributed by atoms with Crippen molar-refractivity contribution in [3.05, 3.63) is 39.9 Å². The number of non-ortho nitro benzene ring substituents is 1. The van der Waals surface area contributed by atoms with Crippen LogP contribution in [0.2, 0.25) is 0 Å². The molecular formula is C15H24N2O3. The second-order valence-corrected chi connectivity index (χ2v) is 5.04. The molecule has 0 radical (unpaired) electrons. The van der Waals surface area contributed by atoms with Crippen molar-refractivity contribution < 1.29 is 9.66 Å². The van der Waals surface area contributed by atoms with Crippen LogP contribution in [0.3, 0.4) is 0 Å². The van der Waals surface area contributed by atoms with Crippen LogP contribution in [0.5, 0.6) is 0 Å². The molecular weight excluding hydrogens is 256 g/mol. The molecule has 2 atom stereocenters. The van der Waals surface area contributed by atoms with Crippen LogP contribution in [0.1, 0.15) is 44.7 Å². The lowest BCUT2D eigenvalue weighted by Crippen LogP contribution is -2.31. The highest BCUT2D eigenvalue weighted by atomic mass is 16.6. The fourth-order valence-corrected chi connectivity index (χ4v) is 2.21. The van der Waals surface area contributed by atoms with Crippen LogP contribution >= 0.6 is 0 Å². The Morgan fingerprint density at radius 2 is 2.15 bits per heavy atom. The minimum absolute atomic E-state index is 0.145. The van der Waals surface area contributed by atoms with E-state index in [9.17, 15) is 10.1 Å². The Bertz CT molecular complexity index is 423. The molecule has 1 aromatic rings. The van der Waals surface area contributed by atoms with Crippen LogP contribution in [-0.4, -0.2) is 24.7 Å². The number of nitro groups is 1. The maximum Gasteiger partial charge on any atom is 0.269 e. The molecule has 0 aliphatic heterocycles. The first-order valence-corrected chi connectivity index (χ1v) is 7.07. The topological polar surface area (TPSA) is 64.4 Å². The monoisotopic (exact) mass is 280 g/mol. The minimum Gasteiger partial charge on any atom is -0.385 e. The lowest BCUT2D eigenvalue weighted by atomic mass is 10.0. The van der Waals surface area contributed by atoms with Crippen LogP contribution < -0.4 is 5.32 Å². The summed E-state index contributed by atoms with van der Waals surface area (Å²) < 4.78 is 5.08. The van der Waals surface area contributed by atoms with Gasteiger partial charge in [-0.05, 0) is 25.3 Å². The van der Waals surface area contributed by atoms with Gasteiger partial charge in [0.1, 0.15) is 0 Å². The van der Waals surface area contributed by atoms with Crippen molar-refractivity contribution in [2.45, 2.75) is 45.2 Å². The molecule has 0 aliphatic rings. The van der Waals surface area contributed by atoms with E-state index in [-0.39, 0.29) is 16.7 Å². The first-order chi connectivity index (χ1) is 9.58. The Hall–Kier alpha value is -1.46. The number of nitrogens with one attached hydrogen (secondary N) is 1. The molecule has 0 bridgehead atoms. The van der Waals surface area contributed by atoms with E-state index in [4.69, 9.17) is 4.74 Å². The Morgan fingerprint density at radius 3 is 2.75 bits per heavy atom. The summed E-state index contributed by atoms with van der Waals surface area (Å²) in [5.41, 5.74) is 1.13. The average molecular weight is 280 g/mol. The normalized spacial score (nSPS) is 13.9.